The molecule has 0 saturated carbocycles. The molecule has 3 atom stereocenters. The topological polar surface area (TPSA) is 46.3 Å². The lowest BCUT2D eigenvalue weighted by molar-refractivity contribution is -0.138. The lowest BCUT2D eigenvalue weighted by atomic mass is 9.70. The van der Waals surface area contributed by atoms with Crippen LogP contribution in [0.25, 0.3) is 0 Å². The zero-order valence-corrected chi connectivity index (χ0v) is 14.4. The Bertz CT molecular complexity index is 548. The number of fused-ring (bicyclic) bond motifs is 1. The van der Waals surface area contributed by atoms with Crippen LogP contribution >= 0.6 is 12.4 Å². The summed E-state index contributed by atoms with van der Waals surface area (Å²) in [6.07, 6.45) is 4.20. The number of nitrogens with zero attached hydrogens (tertiary/aromatic N) is 1. The van der Waals surface area contributed by atoms with Gasteiger partial charge in [-0.3, -0.25) is 4.79 Å². The largest absolute Gasteiger partial charge is 0.339 e. The van der Waals surface area contributed by atoms with E-state index in [0.717, 1.165) is 32.2 Å². The van der Waals surface area contributed by atoms with Crippen molar-refractivity contribution in [2.75, 3.05) is 13.1 Å². The molecular formula is C18H27ClN2O. The van der Waals surface area contributed by atoms with Gasteiger partial charge in [0.15, 0.2) is 0 Å². The standard InChI is InChI=1S/C18H26N2O.ClH/c1-13-10-14(11-19)12-20(13)17(21)18(2)9-5-7-15-6-3-4-8-16(15)18;/h3-4,6,8,13-14H,5,7,9-12,19H2,1-2H3;1H. The van der Waals surface area contributed by atoms with Crippen LogP contribution in [-0.4, -0.2) is 29.9 Å². The molecule has 0 radical (unpaired) electrons. The second kappa shape index (κ2) is 6.59. The number of rotatable bonds is 2. The highest BCUT2D eigenvalue weighted by atomic mass is 35.5. The molecule has 122 valence electrons. The van der Waals surface area contributed by atoms with Crippen molar-refractivity contribution in [1.82, 2.24) is 4.90 Å². The first-order valence-corrected chi connectivity index (χ1v) is 8.16. The predicted octanol–water partition coefficient (Wildman–Crippen LogP) is 2.90. The fourth-order valence-electron chi connectivity index (χ4n) is 4.18. The van der Waals surface area contributed by atoms with E-state index in [0.29, 0.717) is 24.4 Å². The SMILES string of the molecule is CC1CC(CN)CN1C(=O)C1(C)CCCc2ccccc21.Cl. The Hall–Kier alpha value is -1.06. The molecule has 1 aliphatic carbocycles. The summed E-state index contributed by atoms with van der Waals surface area (Å²) in [4.78, 5) is 15.3. The fourth-order valence-corrected chi connectivity index (χ4v) is 4.18. The zero-order chi connectivity index (χ0) is 15.0. The number of carbonyl (C=O) groups excluding carboxylic acids is 1. The lowest BCUT2D eigenvalue weighted by Gasteiger charge is -2.39. The van der Waals surface area contributed by atoms with Crippen molar-refractivity contribution < 1.29 is 4.79 Å². The smallest absolute Gasteiger partial charge is 0.233 e. The molecule has 4 heteroatoms. The third-order valence-corrected chi connectivity index (χ3v) is 5.46. The number of aryl methyl sites for hydroxylation is 1. The first-order valence-electron chi connectivity index (χ1n) is 8.16. The molecule has 2 aliphatic rings. The average Bonchev–Trinajstić information content (AvgIpc) is 2.88. The Labute approximate surface area is 139 Å². The van der Waals surface area contributed by atoms with Gasteiger partial charge >= 0.3 is 0 Å². The van der Waals surface area contributed by atoms with Gasteiger partial charge in [0.25, 0.3) is 0 Å². The highest BCUT2D eigenvalue weighted by Gasteiger charge is 2.44. The molecule has 3 nitrogen and oxygen atoms in total. The molecule has 1 amide bonds. The van der Waals surface area contributed by atoms with Crippen molar-refractivity contribution in [2.24, 2.45) is 11.7 Å². The van der Waals surface area contributed by atoms with Crippen LogP contribution in [0, 0.1) is 5.92 Å². The molecule has 22 heavy (non-hydrogen) atoms. The highest BCUT2D eigenvalue weighted by molar-refractivity contribution is 5.89. The molecule has 1 saturated heterocycles. The van der Waals surface area contributed by atoms with Crippen molar-refractivity contribution in [3.8, 4) is 0 Å². The van der Waals surface area contributed by atoms with Gasteiger partial charge in [-0.2, -0.15) is 0 Å². The summed E-state index contributed by atoms with van der Waals surface area (Å²) in [6.45, 7) is 5.80. The minimum absolute atomic E-state index is 0. The van der Waals surface area contributed by atoms with Crippen LogP contribution < -0.4 is 5.73 Å². The summed E-state index contributed by atoms with van der Waals surface area (Å²) < 4.78 is 0. The van der Waals surface area contributed by atoms with E-state index < -0.39 is 0 Å². The van der Waals surface area contributed by atoms with Crippen LogP contribution in [-0.2, 0) is 16.6 Å². The van der Waals surface area contributed by atoms with E-state index in [-0.39, 0.29) is 17.8 Å². The van der Waals surface area contributed by atoms with Gasteiger partial charge in [-0.15, -0.1) is 12.4 Å². The van der Waals surface area contributed by atoms with E-state index in [2.05, 4.69) is 43.0 Å². The maximum atomic E-state index is 13.2. The Morgan fingerprint density at radius 2 is 2.14 bits per heavy atom. The maximum Gasteiger partial charge on any atom is 0.233 e. The summed E-state index contributed by atoms with van der Waals surface area (Å²) in [6, 6.07) is 8.78. The van der Waals surface area contributed by atoms with Crippen molar-refractivity contribution in [1.29, 1.82) is 0 Å². The van der Waals surface area contributed by atoms with Gasteiger partial charge in [-0.05, 0) is 63.1 Å². The minimum Gasteiger partial charge on any atom is -0.339 e. The molecule has 2 N–H and O–H groups in total. The van der Waals surface area contributed by atoms with Crippen molar-refractivity contribution in [3.05, 3.63) is 35.4 Å². The van der Waals surface area contributed by atoms with Gasteiger partial charge < -0.3 is 10.6 Å². The number of benzene rings is 1. The summed E-state index contributed by atoms with van der Waals surface area (Å²) in [7, 11) is 0. The molecule has 0 aromatic heterocycles. The number of hydrogen-bond donors (Lipinski definition) is 1. The number of nitrogens with two attached hydrogens (primary N) is 1. The Balaban J connectivity index is 0.00000176. The van der Waals surface area contributed by atoms with E-state index in [1.54, 1.807) is 0 Å². The van der Waals surface area contributed by atoms with Gasteiger partial charge in [-0.25, -0.2) is 0 Å². The summed E-state index contributed by atoms with van der Waals surface area (Å²) in [5.74, 6) is 0.768. The molecule has 1 aromatic rings. The van der Waals surface area contributed by atoms with Crippen LogP contribution in [0.4, 0.5) is 0 Å². The number of hydrogen-bond acceptors (Lipinski definition) is 2. The van der Waals surface area contributed by atoms with E-state index in [1.165, 1.54) is 11.1 Å². The summed E-state index contributed by atoms with van der Waals surface area (Å²) in [5.41, 5.74) is 8.04. The van der Waals surface area contributed by atoms with E-state index >= 15 is 0 Å². The third-order valence-electron chi connectivity index (χ3n) is 5.46. The van der Waals surface area contributed by atoms with E-state index in [4.69, 9.17) is 5.73 Å². The molecule has 0 bridgehead atoms. The zero-order valence-electron chi connectivity index (χ0n) is 13.5. The van der Waals surface area contributed by atoms with Crippen molar-refractivity contribution in [3.63, 3.8) is 0 Å². The van der Waals surface area contributed by atoms with E-state index in [1.807, 2.05) is 0 Å². The molecule has 1 fully saturated rings. The third kappa shape index (κ3) is 2.77. The molecule has 3 rings (SSSR count). The Kier molecular flexibility index (Phi) is 5.18. The van der Waals surface area contributed by atoms with Gasteiger partial charge in [0.05, 0.1) is 5.41 Å². The predicted molar refractivity (Wildman–Crippen MR) is 92.3 cm³/mol. The monoisotopic (exact) mass is 322 g/mol. The Morgan fingerprint density at radius 3 is 2.82 bits per heavy atom. The number of amides is 1. The molecule has 3 unspecified atom stereocenters. The normalized spacial score (nSPS) is 30.6. The first-order chi connectivity index (χ1) is 10.1. The van der Waals surface area contributed by atoms with E-state index in [9.17, 15) is 4.79 Å². The Morgan fingerprint density at radius 1 is 1.41 bits per heavy atom. The molecule has 1 aliphatic heterocycles. The molecule has 1 aromatic carbocycles. The van der Waals surface area contributed by atoms with Gasteiger partial charge in [0, 0.05) is 12.6 Å². The average molecular weight is 323 g/mol. The van der Waals surface area contributed by atoms with Crippen LogP contribution in [0.2, 0.25) is 0 Å². The second-order valence-corrected chi connectivity index (χ2v) is 6.99. The number of likely N-dealkylation sites (tertiary alicyclic amines) is 1. The van der Waals surface area contributed by atoms with Gasteiger partial charge in [-0.1, -0.05) is 24.3 Å². The molecule has 0 spiro atoms. The first kappa shape index (κ1) is 17.3. The summed E-state index contributed by atoms with van der Waals surface area (Å²) >= 11 is 0. The molecule has 1 heterocycles. The van der Waals surface area contributed by atoms with Crippen LogP contribution in [0.15, 0.2) is 24.3 Å². The number of halogens is 1. The van der Waals surface area contributed by atoms with Crippen molar-refractivity contribution >= 4 is 18.3 Å². The fraction of sp³-hybridized carbons (Fsp3) is 0.611. The van der Waals surface area contributed by atoms with Crippen LogP contribution in [0.5, 0.6) is 0 Å². The van der Waals surface area contributed by atoms with Gasteiger partial charge in [0.1, 0.15) is 0 Å². The second-order valence-electron chi connectivity index (χ2n) is 6.99. The van der Waals surface area contributed by atoms with Crippen molar-refractivity contribution in [2.45, 2.75) is 51.0 Å². The minimum atomic E-state index is -0.355. The quantitative estimate of drug-likeness (QED) is 0.910. The molecular weight excluding hydrogens is 296 g/mol. The van der Waals surface area contributed by atoms with Crippen LogP contribution in [0.1, 0.15) is 44.2 Å². The van der Waals surface area contributed by atoms with Crippen LogP contribution in [0.3, 0.4) is 0 Å². The lowest BCUT2D eigenvalue weighted by Crippen LogP contribution is -2.48. The summed E-state index contributed by atoms with van der Waals surface area (Å²) in [5, 5.41) is 0. The number of carbonyl (C=O) groups is 1. The maximum absolute atomic E-state index is 13.2. The highest BCUT2D eigenvalue weighted by Crippen LogP contribution is 2.40. The van der Waals surface area contributed by atoms with Gasteiger partial charge in [0.2, 0.25) is 5.91 Å².